The van der Waals surface area contributed by atoms with E-state index < -0.39 is 20.2 Å². The molecule has 1 heterocycles. The van der Waals surface area contributed by atoms with Crippen LogP contribution in [0.15, 0.2) is 61.2 Å². The van der Waals surface area contributed by atoms with Crippen LogP contribution in [-0.2, 0) is 14.8 Å². The summed E-state index contributed by atoms with van der Waals surface area (Å²) in [5.41, 5.74) is 1.37. The number of benzene rings is 2. The van der Waals surface area contributed by atoms with Gasteiger partial charge in [0, 0.05) is 22.0 Å². The molecule has 0 spiro atoms. The molecule has 0 bridgehead atoms. The molecule has 8 heteroatoms. The average Bonchev–Trinajstić information content (AvgIpc) is 2.82. The molecule has 2 aromatic rings. The van der Waals surface area contributed by atoms with E-state index in [4.69, 9.17) is 28.3 Å². The first-order chi connectivity index (χ1) is 17.2. The molecule has 202 valence electrons. The molecule has 0 aliphatic carbocycles. The van der Waals surface area contributed by atoms with Gasteiger partial charge in [-0.05, 0) is 81.3 Å². The fourth-order valence-electron chi connectivity index (χ4n) is 5.48. The molecule has 5 nitrogen and oxygen atoms in total. The van der Waals surface area contributed by atoms with Crippen LogP contribution in [0.2, 0.25) is 10.0 Å². The third-order valence-electron chi connectivity index (χ3n) is 7.90. The maximum atomic E-state index is 14.3. The summed E-state index contributed by atoms with van der Waals surface area (Å²) >= 11 is 12.7. The lowest BCUT2D eigenvalue weighted by molar-refractivity contribution is -0.155. The number of halogens is 2. The fourth-order valence-corrected chi connectivity index (χ4v) is 6.21. The third-order valence-corrected chi connectivity index (χ3v) is 10.1. The summed E-state index contributed by atoms with van der Waals surface area (Å²) in [5, 5.41) is 6.79. The zero-order valence-corrected chi connectivity index (χ0v) is 24.4. The number of piperidine rings is 1. The molecular formula is C29H38Cl2N2O3S. The first-order valence-electron chi connectivity index (χ1n) is 12.7. The summed E-state index contributed by atoms with van der Waals surface area (Å²) in [4.78, 5) is 16.3. The highest BCUT2D eigenvalue weighted by atomic mass is 35.5. The second kappa shape index (κ2) is 11.5. The van der Waals surface area contributed by atoms with Crippen LogP contribution in [0, 0.1) is 5.41 Å². The fraction of sp³-hybridized carbons (Fsp3) is 0.483. The Kier molecular flexibility index (Phi) is 9.22. The molecular weight excluding hydrogens is 527 g/mol. The molecule has 4 atom stereocenters. The van der Waals surface area contributed by atoms with E-state index in [1.54, 1.807) is 19.9 Å². The van der Waals surface area contributed by atoms with Crippen LogP contribution in [0.4, 0.5) is 0 Å². The van der Waals surface area contributed by atoms with Crippen molar-refractivity contribution in [2.75, 3.05) is 0 Å². The van der Waals surface area contributed by atoms with E-state index in [1.807, 2.05) is 61.2 Å². The Morgan fingerprint density at radius 3 is 2.35 bits per heavy atom. The van der Waals surface area contributed by atoms with E-state index in [1.165, 1.54) is 0 Å². The van der Waals surface area contributed by atoms with Crippen LogP contribution < -0.4 is 5.14 Å². The van der Waals surface area contributed by atoms with E-state index in [-0.39, 0.29) is 23.9 Å². The standard InChI is InChI=1S/C29H38Cl2N2O3S/c1-6-16-29(5)19-25(21-9-8-10-23(31)18-21)26(20-11-13-22(30)14-12-20)33(27(29)34)24(7-2)15-17-28(3,4)37(32,35)36/h6,8-14,18,24-26H,1,7,15-17,19H2,2-5H3,(H2,32,35,36)/t24-,25+,26+,29-/m0/s1. The minimum Gasteiger partial charge on any atom is -0.332 e. The van der Waals surface area contributed by atoms with Gasteiger partial charge in [-0.15, -0.1) is 6.58 Å². The Bertz CT molecular complexity index is 1230. The Morgan fingerprint density at radius 1 is 1.16 bits per heavy atom. The average molecular weight is 566 g/mol. The normalized spacial score (nSPS) is 23.6. The van der Waals surface area contributed by atoms with Crippen molar-refractivity contribution >= 4 is 39.1 Å². The molecule has 1 amide bonds. The van der Waals surface area contributed by atoms with Crippen molar-refractivity contribution < 1.29 is 13.2 Å². The van der Waals surface area contributed by atoms with E-state index in [2.05, 4.69) is 12.6 Å². The number of nitrogens with zero attached hydrogens (tertiary/aromatic N) is 1. The highest BCUT2D eigenvalue weighted by Crippen LogP contribution is 2.52. The van der Waals surface area contributed by atoms with Gasteiger partial charge in [-0.1, -0.05) is 67.4 Å². The molecule has 0 unspecified atom stereocenters. The van der Waals surface area contributed by atoms with Crippen LogP contribution in [0.25, 0.3) is 0 Å². The predicted molar refractivity (Wildman–Crippen MR) is 153 cm³/mol. The molecule has 1 fully saturated rings. The minimum absolute atomic E-state index is 0.0390. The summed E-state index contributed by atoms with van der Waals surface area (Å²) in [6, 6.07) is 15.0. The summed E-state index contributed by atoms with van der Waals surface area (Å²) < 4.78 is 23.4. The SMILES string of the molecule is C=CC[C@@]1(C)C[C@H](c2cccc(Cl)c2)[C@@H](c2ccc(Cl)cc2)N([C@@H](CC)CCC(C)(C)S(N)(=O)=O)C1=O. The second-order valence-corrected chi connectivity index (χ2v) is 14.1. The lowest BCUT2D eigenvalue weighted by Gasteiger charge is -2.52. The van der Waals surface area contributed by atoms with E-state index >= 15 is 0 Å². The molecule has 2 N–H and O–H groups in total. The molecule has 0 saturated carbocycles. The smallest absolute Gasteiger partial charge is 0.229 e. The maximum Gasteiger partial charge on any atom is 0.229 e. The largest absolute Gasteiger partial charge is 0.332 e. The number of likely N-dealkylation sites (tertiary alicyclic amines) is 1. The lowest BCUT2D eigenvalue weighted by atomic mass is 9.67. The topological polar surface area (TPSA) is 80.5 Å². The summed E-state index contributed by atoms with van der Waals surface area (Å²) in [6.45, 7) is 11.2. The molecule has 3 rings (SSSR count). The van der Waals surface area contributed by atoms with Crippen molar-refractivity contribution in [3.05, 3.63) is 82.4 Å². The molecule has 1 aliphatic rings. The quantitative estimate of drug-likeness (QED) is 0.308. The Hall–Kier alpha value is -1.86. The number of carbonyl (C=O) groups excluding carboxylic acids is 1. The number of hydrogen-bond acceptors (Lipinski definition) is 3. The maximum absolute atomic E-state index is 14.3. The first kappa shape index (κ1) is 29.7. The predicted octanol–water partition coefficient (Wildman–Crippen LogP) is 7.26. The van der Waals surface area contributed by atoms with Gasteiger partial charge in [-0.3, -0.25) is 4.79 Å². The molecule has 1 saturated heterocycles. The number of allylic oxidation sites excluding steroid dienone is 1. The third kappa shape index (κ3) is 6.42. The van der Waals surface area contributed by atoms with Gasteiger partial charge in [0.1, 0.15) is 0 Å². The van der Waals surface area contributed by atoms with Crippen molar-refractivity contribution in [1.29, 1.82) is 0 Å². The molecule has 2 aromatic carbocycles. The number of primary sulfonamides is 1. The van der Waals surface area contributed by atoms with Gasteiger partial charge in [-0.25, -0.2) is 13.6 Å². The lowest BCUT2D eigenvalue weighted by Crippen LogP contribution is -2.55. The Morgan fingerprint density at radius 2 is 1.81 bits per heavy atom. The van der Waals surface area contributed by atoms with Gasteiger partial charge in [-0.2, -0.15) is 0 Å². The second-order valence-electron chi connectivity index (χ2n) is 11.0. The monoisotopic (exact) mass is 564 g/mol. The van der Waals surface area contributed by atoms with Crippen molar-refractivity contribution in [2.45, 2.75) is 82.5 Å². The molecule has 0 radical (unpaired) electrons. The van der Waals surface area contributed by atoms with Crippen LogP contribution in [0.1, 0.15) is 82.9 Å². The summed E-state index contributed by atoms with van der Waals surface area (Å²) in [5.74, 6) is 0.00807. The Balaban J connectivity index is 2.18. The number of nitrogens with two attached hydrogens (primary N) is 1. The highest BCUT2D eigenvalue weighted by Gasteiger charge is 2.51. The van der Waals surface area contributed by atoms with Crippen LogP contribution in [0.3, 0.4) is 0 Å². The number of amides is 1. The van der Waals surface area contributed by atoms with Crippen LogP contribution in [-0.4, -0.2) is 30.0 Å². The van der Waals surface area contributed by atoms with E-state index in [0.717, 1.165) is 11.1 Å². The van der Waals surface area contributed by atoms with Gasteiger partial charge >= 0.3 is 0 Å². The van der Waals surface area contributed by atoms with Crippen molar-refractivity contribution in [1.82, 2.24) is 4.90 Å². The summed E-state index contributed by atoms with van der Waals surface area (Å²) in [7, 11) is -3.76. The molecule has 1 aliphatic heterocycles. The van der Waals surface area contributed by atoms with Gasteiger partial charge < -0.3 is 4.90 Å². The molecule has 37 heavy (non-hydrogen) atoms. The van der Waals surface area contributed by atoms with E-state index in [9.17, 15) is 13.2 Å². The summed E-state index contributed by atoms with van der Waals surface area (Å²) in [6.07, 6.45) is 4.47. The highest BCUT2D eigenvalue weighted by molar-refractivity contribution is 7.90. The van der Waals surface area contributed by atoms with Gasteiger partial charge in [0.25, 0.3) is 0 Å². The van der Waals surface area contributed by atoms with Crippen LogP contribution >= 0.6 is 23.2 Å². The number of carbonyl (C=O) groups is 1. The zero-order chi connectivity index (χ0) is 27.6. The zero-order valence-electron chi connectivity index (χ0n) is 22.1. The van der Waals surface area contributed by atoms with Crippen molar-refractivity contribution in [2.24, 2.45) is 10.6 Å². The number of rotatable bonds is 10. The van der Waals surface area contributed by atoms with E-state index in [0.29, 0.717) is 42.1 Å². The van der Waals surface area contributed by atoms with Gasteiger partial charge in [0.2, 0.25) is 15.9 Å². The minimum atomic E-state index is -3.76. The van der Waals surface area contributed by atoms with Crippen molar-refractivity contribution in [3.63, 3.8) is 0 Å². The van der Waals surface area contributed by atoms with Gasteiger partial charge in [0.05, 0.1) is 16.2 Å². The van der Waals surface area contributed by atoms with Crippen LogP contribution in [0.5, 0.6) is 0 Å². The number of hydrogen-bond donors (Lipinski definition) is 1. The first-order valence-corrected chi connectivity index (χ1v) is 15.0. The Labute approximate surface area is 232 Å². The molecule has 0 aromatic heterocycles. The number of sulfonamides is 1. The van der Waals surface area contributed by atoms with Crippen molar-refractivity contribution in [3.8, 4) is 0 Å². The van der Waals surface area contributed by atoms with Gasteiger partial charge in [0.15, 0.2) is 0 Å².